The van der Waals surface area contributed by atoms with E-state index in [1.54, 1.807) is 0 Å². The molecule has 2 unspecified atom stereocenters. The van der Waals surface area contributed by atoms with Gasteiger partial charge in [0.15, 0.2) is 0 Å². The molecular weight excluding hydrogens is 222 g/mol. The van der Waals surface area contributed by atoms with Gasteiger partial charge in [0.05, 0.1) is 6.07 Å². The Labute approximate surface area is 113 Å². The van der Waals surface area contributed by atoms with Crippen molar-refractivity contribution in [2.45, 2.75) is 70.9 Å². The van der Waals surface area contributed by atoms with Crippen molar-refractivity contribution < 1.29 is 0 Å². The van der Waals surface area contributed by atoms with Crippen molar-refractivity contribution in [3.8, 4) is 6.07 Å². The summed E-state index contributed by atoms with van der Waals surface area (Å²) >= 11 is 0. The van der Waals surface area contributed by atoms with E-state index in [9.17, 15) is 5.26 Å². The molecule has 18 heavy (non-hydrogen) atoms. The molecule has 104 valence electrons. The largest absolute Gasteiger partial charge is 0.301 e. The van der Waals surface area contributed by atoms with Crippen molar-refractivity contribution in [1.82, 2.24) is 10.2 Å². The summed E-state index contributed by atoms with van der Waals surface area (Å²) in [5.74, 6) is 0. The molecule has 0 saturated carbocycles. The minimum Gasteiger partial charge on any atom is -0.301 e. The highest BCUT2D eigenvalue weighted by Gasteiger charge is 2.27. The Morgan fingerprint density at radius 2 is 2.17 bits per heavy atom. The van der Waals surface area contributed by atoms with Gasteiger partial charge in [-0.2, -0.15) is 5.26 Å². The van der Waals surface area contributed by atoms with Crippen LogP contribution in [0.15, 0.2) is 0 Å². The molecule has 1 fully saturated rings. The number of nitriles is 1. The first kappa shape index (κ1) is 15.5. The minimum atomic E-state index is -0.298. The van der Waals surface area contributed by atoms with E-state index in [0.29, 0.717) is 0 Å². The predicted molar refractivity (Wildman–Crippen MR) is 76.4 cm³/mol. The Hall–Kier alpha value is -0.590. The zero-order chi connectivity index (χ0) is 13.4. The van der Waals surface area contributed by atoms with Gasteiger partial charge in [0, 0.05) is 6.04 Å². The number of nitrogens with zero attached hydrogens (tertiary/aromatic N) is 2. The van der Waals surface area contributed by atoms with Gasteiger partial charge in [0.2, 0.25) is 0 Å². The average Bonchev–Trinajstić information content (AvgIpc) is 2.40. The number of likely N-dealkylation sites (tertiary alicyclic amines) is 1. The fraction of sp³-hybridized carbons (Fsp3) is 0.933. The number of hydrogen-bond acceptors (Lipinski definition) is 3. The van der Waals surface area contributed by atoms with Crippen LogP contribution in [-0.2, 0) is 0 Å². The van der Waals surface area contributed by atoms with E-state index >= 15 is 0 Å². The van der Waals surface area contributed by atoms with E-state index in [1.807, 2.05) is 0 Å². The summed E-state index contributed by atoms with van der Waals surface area (Å²) in [4.78, 5) is 2.59. The molecular formula is C15H29N3. The molecule has 1 saturated heterocycles. The summed E-state index contributed by atoms with van der Waals surface area (Å²) in [6, 6.07) is 3.22. The zero-order valence-corrected chi connectivity index (χ0v) is 12.3. The van der Waals surface area contributed by atoms with Crippen LogP contribution in [0.4, 0.5) is 0 Å². The topological polar surface area (TPSA) is 39.1 Å². The molecule has 0 aromatic carbocycles. The molecule has 3 nitrogen and oxygen atoms in total. The average molecular weight is 251 g/mol. The molecule has 3 heteroatoms. The van der Waals surface area contributed by atoms with Gasteiger partial charge >= 0.3 is 0 Å². The monoisotopic (exact) mass is 251 g/mol. The number of piperidine rings is 1. The Kier molecular flexibility index (Phi) is 6.67. The predicted octanol–water partition coefficient (Wildman–Crippen LogP) is 2.92. The number of hydrogen-bond donors (Lipinski definition) is 1. The van der Waals surface area contributed by atoms with Crippen molar-refractivity contribution in [2.24, 2.45) is 0 Å². The molecule has 0 aromatic heterocycles. The molecule has 1 aliphatic heterocycles. The highest BCUT2D eigenvalue weighted by molar-refractivity contribution is 5.06. The third-order valence-electron chi connectivity index (χ3n) is 4.32. The SMILES string of the molecule is CCNC(C#N)(CC)CCCN1CCCCC1C. The van der Waals surface area contributed by atoms with E-state index in [-0.39, 0.29) is 5.54 Å². The molecule has 0 spiro atoms. The summed E-state index contributed by atoms with van der Waals surface area (Å²) in [7, 11) is 0. The summed E-state index contributed by atoms with van der Waals surface area (Å²) in [5, 5.41) is 12.7. The molecule has 0 bridgehead atoms. The summed E-state index contributed by atoms with van der Waals surface area (Å²) in [6.45, 7) is 9.79. The fourth-order valence-corrected chi connectivity index (χ4v) is 2.98. The molecule has 1 N–H and O–H groups in total. The van der Waals surface area contributed by atoms with Crippen LogP contribution in [0.1, 0.15) is 59.3 Å². The number of nitrogens with one attached hydrogen (secondary N) is 1. The molecule has 1 heterocycles. The summed E-state index contributed by atoms with van der Waals surface area (Å²) < 4.78 is 0. The van der Waals surface area contributed by atoms with Crippen LogP contribution in [0.25, 0.3) is 0 Å². The smallest absolute Gasteiger partial charge is 0.106 e. The third-order valence-corrected chi connectivity index (χ3v) is 4.32. The normalized spacial score (nSPS) is 24.4. The molecule has 0 amide bonds. The van der Waals surface area contributed by atoms with Gasteiger partial charge in [-0.05, 0) is 58.7 Å². The van der Waals surface area contributed by atoms with Gasteiger partial charge in [-0.3, -0.25) is 5.32 Å². The van der Waals surface area contributed by atoms with Crippen molar-refractivity contribution in [2.75, 3.05) is 19.6 Å². The maximum absolute atomic E-state index is 9.37. The Morgan fingerprint density at radius 1 is 1.39 bits per heavy atom. The molecule has 0 aromatic rings. The minimum absolute atomic E-state index is 0.298. The molecule has 1 aliphatic rings. The fourth-order valence-electron chi connectivity index (χ4n) is 2.98. The highest BCUT2D eigenvalue weighted by Crippen LogP contribution is 2.20. The lowest BCUT2D eigenvalue weighted by molar-refractivity contribution is 0.153. The molecule has 0 radical (unpaired) electrons. The van der Waals surface area contributed by atoms with Crippen molar-refractivity contribution in [3.63, 3.8) is 0 Å². The van der Waals surface area contributed by atoms with Gasteiger partial charge < -0.3 is 4.90 Å². The highest BCUT2D eigenvalue weighted by atomic mass is 15.2. The zero-order valence-electron chi connectivity index (χ0n) is 12.3. The summed E-state index contributed by atoms with van der Waals surface area (Å²) in [6.07, 6.45) is 7.05. The van der Waals surface area contributed by atoms with Gasteiger partial charge in [-0.15, -0.1) is 0 Å². The van der Waals surface area contributed by atoms with Crippen LogP contribution in [0.3, 0.4) is 0 Å². The van der Waals surface area contributed by atoms with Crippen molar-refractivity contribution >= 4 is 0 Å². The lowest BCUT2D eigenvalue weighted by Gasteiger charge is -2.34. The van der Waals surface area contributed by atoms with Crippen LogP contribution in [0, 0.1) is 11.3 Å². The van der Waals surface area contributed by atoms with Crippen LogP contribution < -0.4 is 5.32 Å². The van der Waals surface area contributed by atoms with Crippen LogP contribution >= 0.6 is 0 Å². The third kappa shape index (κ3) is 4.26. The van der Waals surface area contributed by atoms with Gasteiger partial charge in [-0.1, -0.05) is 20.3 Å². The first-order valence-electron chi connectivity index (χ1n) is 7.57. The van der Waals surface area contributed by atoms with E-state index in [4.69, 9.17) is 0 Å². The molecule has 2 atom stereocenters. The van der Waals surface area contributed by atoms with E-state index in [0.717, 1.165) is 38.4 Å². The lowest BCUT2D eigenvalue weighted by atomic mass is 9.91. The number of rotatable bonds is 7. The Bertz CT molecular complexity index is 271. The summed E-state index contributed by atoms with van der Waals surface area (Å²) in [5.41, 5.74) is -0.298. The van der Waals surface area contributed by atoms with E-state index in [1.165, 1.54) is 25.8 Å². The van der Waals surface area contributed by atoms with Crippen LogP contribution in [0.5, 0.6) is 0 Å². The van der Waals surface area contributed by atoms with E-state index in [2.05, 4.69) is 37.1 Å². The quantitative estimate of drug-likeness (QED) is 0.756. The van der Waals surface area contributed by atoms with Gasteiger partial charge in [0.1, 0.15) is 5.54 Å². The first-order valence-corrected chi connectivity index (χ1v) is 7.57. The maximum atomic E-state index is 9.37. The van der Waals surface area contributed by atoms with Crippen molar-refractivity contribution in [3.05, 3.63) is 0 Å². The second-order valence-electron chi connectivity index (χ2n) is 5.56. The van der Waals surface area contributed by atoms with Crippen LogP contribution in [0.2, 0.25) is 0 Å². The van der Waals surface area contributed by atoms with Crippen LogP contribution in [-0.4, -0.2) is 36.1 Å². The second-order valence-corrected chi connectivity index (χ2v) is 5.56. The van der Waals surface area contributed by atoms with Crippen molar-refractivity contribution in [1.29, 1.82) is 5.26 Å². The maximum Gasteiger partial charge on any atom is 0.106 e. The second kappa shape index (κ2) is 7.76. The Morgan fingerprint density at radius 3 is 2.72 bits per heavy atom. The molecule has 0 aliphatic carbocycles. The molecule has 1 rings (SSSR count). The Balaban J connectivity index is 2.36. The standard InChI is InChI=1S/C15H29N3/c1-4-15(13-16,17-5-2)10-8-12-18-11-7-6-9-14(18)3/h14,17H,4-12H2,1-3H3. The van der Waals surface area contributed by atoms with Gasteiger partial charge in [-0.25, -0.2) is 0 Å². The lowest BCUT2D eigenvalue weighted by Crippen LogP contribution is -2.44. The first-order chi connectivity index (χ1) is 8.67. The van der Waals surface area contributed by atoms with Gasteiger partial charge in [0.25, 0.3) is 0 Å². The van der Waals surface area contributed by atoms with E-state index < -0.39 is 0 Å².